The van der Waals surface area contributed by atoms with Crippen molar-refractivity contribution in [3.63, 3.8) is 0 Å². The van der Waals surface area contributed by atoms with E-state index in [2.05, 4.69) is 0 Å². The Hall–Kier alpha value is -0.620. The maximum absolute atomic E-state index is 12.1. The van der Waals surface area contributed by atoms with E-state index < -0.39 is 9.84 Å². The first-order valence-electron chi connectivity index (χ1n) is 7.27. The summed E-state index contributed by atoms with van der Waals surface area (Å²) in [5.74, 6) is 0.128. The summed E-state index contributed by atoms with van der Waals surface area (Å²) in [5, 5.41) is 0. The molecule has 0 aromatic rings. The molecule has 20 heavy (non-hydrogen) atoms. The summed E-state index contributed by atoms with van der Waals surface area (Å²) < 4.78 is 23.6. The number of sulfone groups is 1. The fourth-order valence-electron chi connectivity index (χ4n) is 2.58. The Kier molecular flexibility index (Phi) is 5.61. The van der Waals surface area contributed by atoms with Crippen LogP contribution in [-0.4, -0.2) is 49.9 Å². The zero-order valence-corrected chi connectivity index (χ0v) is 13.9. The van der Waals surface area contributed by atoms with Crippen molar-refractivity contribution in [3.8, 4) is 0 Å². The average Bonchev–Trinajstić information content (AvgIpc) is 2.28. The molecule has 0 bridgehead atoms. The number of amides is 1. The molecule has 118 valence electrons. The van der Waals surface area contributed by atoms with Gasteiger partial charge in [-0.1, -0.05) is 27.7 Å². The number of piperidine rings is 1. The number of hydrogen-bond acceptors (Lipinski definition) is 4. The molecule has 2 N–H and O–H groups in total. The van der Waals surface area contributed by atoms with Crippen molar-refractivity contribution in [2.45, 2.75) is 46.6 Å². The Morgan fingerprint density at radius 3 is 2.50 bits per heavy atom. The van der Waals surface area contributed by atoms with Crippen LogP contribution in [0.2, 0.25) is 0 Å². The molecule has 1 unspecified atom stereocenters. The highest BCUT2D eigenvalue weighted by Gasteiger charge is 2.35. The average molecular weight is 304 g/mol. The Bertz CT molecular complexity index is 443. The molecule has 1 saturated heterocycles. The normalized spacial score (nSPS) is 23.1. The van der Waals surface area contributed by atoms with Crippen LogP contribution in [-0.2, 0) is 14.6 Å². The van der Waals surface area contributed by atoms with E-state index in [9.17, 15) is 13.2 Å². The molecule has 6 heteroatoms. The van der Waals surface area contributed by atoms with E-state index in [0.29, 0.717) is 13.1 Å². The Labute approximate surface area is 122 Å². The van der Waals surface area contributed by atoms with Crippen molar-refractivity contribution >= 4 is 15.7 Å². The van der Waals surface area contributed by atoms with E-state index in [1.54, 1.807) is 4.90 Å². The van der Waals surface area contributed by atoms with Gasteiger partial charge in [0.2, 0.25) is 5.91 Å². The van der Waals surface area contributed by atoms with Gasteiger partial charge in [-0.15, -0.1) is 0 Å². The van der Waals surface area contributed by atoms with Gasteiger partial charge in [-0.3, -0.25) is 4.79 Å². The molecule has 1 aliphatic rings. The maximum atomic E-state index is 12.1. The van der Waals surface area contributed by atoms with Gasteiger partial charge < -0.3 is 10.6 Å². The zero-order valence-electron chi connectivity index (χ0n) is 13.1. The van der Waals surface area contributed by atoms with Crippen LogP contribution in [0.4, 0.5) is 0 Å². The van der Waals surface area contributed by atoms with Gasteiger partial charge in [-0.25, -0.2) is 8.42 Å². The molecular formula is C14H28N2O3S. The highest BCUT2D eigenvalue weighted by Crippen LogP contribution is 2.28. The summed E-state index contributed by atoms with van der Waals surface area (Å²) in [6, 6.07) is 0.0937. The van der Waals surface area contributed by atoms with E-state index in [4.69, 9.17) is 5.73 Å². The van der Waals surface area contributed by atoms with Gasteiger partial charge in [0.15, 0.2) is 9.84 Å². The lowest BCUT2D eigenvalue weighted by Crippen LogP contribution is -2.54. The number of nitrogens with zero attached hydrogens (tertiary/aromatic N) is 1. The predicted molar refractivity (Wildman–Crippen MR) is 81.1 cm³/mol. The fourth-order valence-corrected chi connectivity index (χ4v) is 4.25. The lowest BCUT2D eigenvalue weighted by Gasteiger charge is -2.42. The molecule has 5 nitrogen and oxygen atoms in total. The van der Waals surface area contributed by atoms with Crippen LogP contribution in [0.3, 0.4) is 0 Å². The van der Waals surface area contributed by atoms with Crippen molar-refractivity contribution in [2.24, 2.45) is 17.1 Å². The molecule has 1 atom stereocenters. The number of hydrogen-bond donors (Lipinski definition) is 1. The molecule has 0 aromatic carbocycles. The molecule has 0 saturated carbocycles. The minimum Gasteiger partial charge on any atom is -0.342 e. The van der Waals surface area contributed by atoms with Gasteiger partial charge in [0.1, 0.15) is 0 Å². The van der Waals surface area contributed by atoms with Crippen molar-refractivity contribution in [3.05, 3.63) is 0 Å². The van der Waals surface area contributed by atoms with Crippen LogP contribution in [0.5, 0.6) is 0 Å². The van der Waals surface area contributed by atoms with E-state index in [0.717, 1.165) is 6.42 Å². The second-order valence-electron chi connectivity index (χ2n) is 6.96. The van der Waals surface area contributed by atoms with Crippen LogP contribution < -0.4 is 5.73 Å². The Morgan fingerprint density at radius 1 is 1.40 bits per heavy atom. The summed E-state index contributed by atoms with van der Waals surface area (Å²) in [6.45, 7) is 9.08. The van der Waals surface area contributed by atoms with Gasteiger partial charge in [-0.05, 0) is 17.8 Å². The number of carbonyl (C=O) groups is 1. The summed E-state index contributed by atoms with van der Waals surface area (Å²) >= 11 is 0. The van der Waals surface area contributed by atoms with E-state index >= 15 is 0 Å². The lowest BCUT2D eigenvalue weighted by molar-refractivity contribution is -0.134. The third-order valence-corrected chi connectivity index (χ3v) is 5.88. The van der Waals surface area contributed by atoms with Gasteiger partial charge in [0.05, 0.1) is 11.5 Å². The van der Waals surface area contributed by atoms with Crippen LogP contribution in [0.1, 0.15) is 40.5 Å². The number of likely N-dealkylation sites (tertiary alicyclic amines) is 1. The second-order valence-corrected chi connectivity index (χ2v) is 9.19. The first kappa shape index (κ1) is 17.4. The quantitative estimate of drug-likeness (QED) is 0.822. The number of nitrogens with two attached hydrogens (primary N) is 1. The Morgan fingerprint density at radius 2 is 2.00 bits per heavy atom. The van der Waals surface area contributed by atoms with Crippen LogP contribution in [0.15, 0.2) is 0 Å². The molecule has 1 amide bonds. The molecule has 1 aliphatic heterocycles. The third-order valence-electron chi connectivity index (χ3n) is 3.88. The van der Waals surface area contributed by atoms with Crippen molar-refractivity contribution in [1.82, 2.24) is 4.90 Å². The summed E-state index contributed by atoms with van der Waals surface area (Å²) in [5.41, 5.74) is 5.93. The van der Waals surface area contributed by atoms with Gasteiger partial charge in [0, 0.05) is 25.6 Å². The minimum atomic E-state index is -3.13. The third kappa shape index (κ3) is 5.05. The summed E-state index contributed by atoms with van der Waals surface area (Å²) in [6.07, 6.45) is 0.859. The largest absolute Gasteiger partial charge is 0.342 e. The molecule has 1 heterocycles. The van der Waals surface area contributed by atoms with Gasteiger partial charge in [-0.2, -0.15) is 0 Å². The predicted octanol–water partition coefficient (Wildman–Crippen LogP) is 1.03. The second kappa shape index (κ2) is 6.43. The zero-order chi connectivity index (χ0) is 15.6. The molecule has 0 aliphatic carbocycles. The van der Waals surface area contributed by atoms with E-state index in [-0.39, 0.29) is 41.2 Å². The number of rotatable bonds is 5. The van der Waals surface area contributed by atoms with Gasteiger partial charge >= 0.3 is 0 Å². The standard InChI is InChI=1S/C14H28N2O3S/c1-11(2)9-20(18,19)8-6-13(17)16-7-5-12(15)14(3,4)10-16/h11-12H,5-10,15H2,1-4H3. The van der Waals surface area contributed by atoms with E-state index in [1.165, 1.54) is 0 Å². The highest BCUT2D eigenvalue weighted by molar-refractivity contribution is 7.91. The lowest BCUT2D eigenvalue weighted by atomic mass is 9.79. The molecule has 0 radical (unpaired) electrons. The first-order chi connectivity index (χ1) is 9.03. The number of carbonyl (C=O) groups excluding carboxylic acids is 1. The molecule has 0 aromatic heterocycles. The highest BCUT2D eigenvalue weighted by atomic mass is 32.2. The van der Waals surface area contributed by atoms with Crippen molar-refractivity contribution in [1.29, 1.82) is 0 Å². The van der Waals surface area contributed by atoms with Crippen molar-refractivity contribution in [2.75, 3.05) is 24.6 Å². The maximum Gasteiger partial charge on any atom is 0.223 e. The molecular weight excluding hydrogens is 276 g/mol. The topological polar surface area (TPSA) is 80.5 Å². The smallest absolute Gasteiger partial charge is 0.223 e. The van der Waals surface area contributed by atoms with Crippen LogP contribution in [0, 0.1) is 11.3 Å². The van der Waals surface area contributed by atoms with Gasteiger partial charge in [0.25, 0.3) is 0 Å². The summed E-state index contributed by atoms with van der Waals surface area (Å²) in [4.78, 5) is 13.9. The van der Waals surface area contributed by atoms with Crippen molar-refractivity contribution < 1.29 is 13.2 Å². The Balaban J connectivity index is 2.52. The molecule has 1 rings (SSSR count). The summed E-state index contributed by atoms with van der Waals surface area (Å²) in [7, 11) is -3.13. The molecule has 1 fully saturated rings. The SMILES string of the molecule is CC(C)CS(=O)(=O)CCC(=O)N1CCC(N)C(C)(C)C1. The molecule has 0 spiro atoms. The monoisotopic (exact) mass is 304 g/mol. The fraction of sp³-hybridized carbons (Fsp3) is 0.929. The van der Waals surface area contributed by atoms with Crippen LogP contribution >= 0.6 is 0 Å². The van der Waals surface area contributed by atoms with Crippen LogP contribution in [0.25, 0.3) is 0 Å². The van der Waals surface area contributed by atoms with E-state index in [1.807, 2.05) is 27.7 Å². The minimum absolute atomic E-state index is 0.0486. The first-order valence-corrected chi connectivity index (χ1v) is 9.09.